The zero-order chi connectivity index (χ0) is 14.2. The van der Waals surface area contributed by atoms with E-state index in [0.717, 1.165) is 18.6 Å². The third-order valence-corrected chi connectivity index (χ3v) is 3.79. The highest BCUT2D eigenvalue weighted by atomic mass is 16.5. The van der Waals surface area contributed by atoms with Gasteiger partial charge in [-0.2, -0.15) is 0 Å². The minimum atomic E-state index is -0.406. The minimum Gasteiger partial charge on any atom is -0.493 e. The molecule has 2 rings (SSSR count). The van der Waals surface area contributed by atoms with Gasteiger partial charge in [0.2, 0.25) is 5.91 Å². The van der Waals surface area contributed by atoms with Crippen LogP contribution in [0.25, 0.3) is 0 Å². The maximum atomic E-state index is 11.7. The molecule has 1 saturated carbocycles. The Morgan fingerprint density at radius 1 is 1.30 bits per heavy atom. The summed E-state index contributed by atoms with van der Waals surface area (Å²) in [4.78, 5) is 11.7. The number of carbonyl (C=O) groups is 1. The predicted octanol–water partition coefficient (Wildman–Crippen LogP) is 2.12. The van der Waals surface area contributed by atoms with Crippen molar-refractivity contribution in [2.75, 3.05) is 13.2 Å². The summed E-state index contributed by atoms with van der Waals surface area (Å²) in [5, 5.41) is 12.7. The molecule has 1 amide bonds. The number of amides is 1. The van der Waals surface area contributed by atoms with Gasteiger partial charge < -0.3 is 15.2 Å². The minimum absolute atomic E-state index is 0.0713. The van der Waals surface area contributed by atoms with Gasteiger partial charge in [-0.3, -0.25) is 4.79 Å². The number of nitrogens with one attached hydrogen (secondary N) is 1. The Labute approximate surface area is 120 Å². The van der Waals surface area contributed by atoms with Gasteiger partial charge in [0.1, 0.15) is 5.75 Å². The SMILES string of the molecule is O=C(CCOc1ccccc1)NCC(O)C1CCCC1. The third-order valence-electron chi connectivity index (χ3n) is 3.79. The molecule has 1 atom stereocenters. The summed E-state index contributed by atoms with van der Waals surface area (Å²) in [5.74, 6) is 1.06. The number of ether oxygens (including phenoxy) is 1. The second kappa shape index (κ2) is 7.90. The van der Waals surface area contributed by atoms with Gasteiger partial charge in [0.25, 0.3) is 0 Å². The number of hydrogen-bond acceptors (Lipinski definition) is 3. The summed E-state index contributed by atoms with van der Waals surface area (Å²) in [7, 11) is 0. The van der Waals surface area contributed by atoms with Crippen molar-refractivity contribution in [1.29, 1.82) is 0 Å². The van der Waals surface area contributed by atoms with E-state index in [0.29, 0.717) is 25.5 Å². The molecule has 1 aliphatic rings. The van der Waals surface area contributed by atoms with E-state index in [1.807, 2.05) is 30.3 Å². The lowest BCUT2D eigenvalue weighted by Crippen LogP contribution is -2.36. The largest absolute Gasteiger partial charge is 0.493 e. The number of carbonyl (C=O) groups excluding carboxylic acids is 1. The molecule has 0 radical (unpaired) electrons. The molecule has 0 aromatic heterocycles. The van der Waals surface area contributed by atoms with Crippen LogP contribution in [0.2, 0.25) is 0 Å². The first-order chi connectivity index (χ1) is 9.75. The molecule has 0 aliphatic heterocycles. The van der Waals surface area contributed by atoms with E-state index in [1.54, 1.807) is 0 Å². The van der Waals surface area contributed by atoms with Crippen LogP contribution in [0.5, 0.6) is 5.75 Å². The van der Waals surface area contributed by atoms with Crippen LogP contribution >= 0.6 is 0 Å². The first-order valence-corrected chi connectivity index (χ1v) is 7.38. The molecule has 4 nitrogen and oxygen atoms in total. The van der Waals surface area contributed by atoms with Gasteiger partial charge >= 0.3 is 0 Å². The lowest BCUT2D eigenvalue weighted by atomic mass is 10.0. The molecule has 0 bridgehead atoms. The molecule has 110 valence electrons. The molecule has 2 N–H and O–H groups in total. The highest BCUT2D eigenvalue weighted by Gasteiger charge is 2.23. The Kier molecular flexibility index (Phi) is 5.87. The molecule has 0 heterocycles. The van der Waals surface area contributed by atoms with Crippen LogP contribution in [0.4, 0.5) is 0 Å². The summed E-state index contributed by atoms with van der Waals surface area (Å²) < 4.78 is 5.46. The van der Waals surface area contributed by atoms with Crippen LogP contribution in [0.15, 0.2) is 30.3 Å². The average Bonchev–Trinajstić information content (AvgIpc) is 3.00. The van der Waals surface area contributed by atoms with Gasteiger partial charge in [-0.05, 0) is 30.9 Å². The fourth-order valence-electron chi connectivity index (χ4n) is 2.59. The lowest BCUT2D eigenvalue weighted by molar-refractivity contribution is -0.122. The van der Waals surface area contributed by atoms with Gasteiger partial charge in [0.15, 0.2) is 0 Å². The lowest BCUT2D eigenvalue weighted by Gasteiger charge is -2.18. The molecule has 20 heavy (non-hydrogen) atoms. The molecule has 4 heteroatoms. The highest BCUT2D eigenvalue weighted by molar-refractivity contribution is 5.76. The van der Waals surface area contributed by atoms with Crippen LogP contribution in [-0.4, -0.2) is 30.3 Å². The van der Waals surface area contributed by atoms with Crippen molar-refractivity contribution in [2.24, 2.45) is 5.92 Å². The summed E-state index contributed by atoms with van der Waals surface area (Å²) in [5.41, 5.74) is 0. The molecule has 1 aliphatic carbocycles. The molecule has 1 unspecified atom stereocenters. The van der Waals surface area contributed by atoms with E-state index < -0.39 is 6.10 Å². The fraction of sp³-hybridized carbons (Fsp3) is 0.562. The molecule has 1 fully saturated rings. The quantitative estimate of drug-likeness (QED) is 0.802. The topological polar surface area (TPSA) is 58.6 Å². The number of para-hydroxylation sites is 1. The summed E-state index contributed by atoms with van der Waals surface area (Å²) in [6, 6.07) is 9.44. The van der Waals surface area contributed by atoms with Crippen molar-refractivity contribution in [1.82, 2.24) is 5.32 Å². The second-order valence-electron chi connectivity index (χ2n) is 5.33. The number of aliphatic hydroxyl groups is 1. The van der Waals surface area contributed by atoms with Gasteiger partial charge in [0.05, 0.1) is 19.1 Å². The summed E-state index contributed by atoms with van der Waals surface area (Å²) in [6.45, 7) is 0.713. The van der Waals surface area contributed by atoms with E-state index >= 15 is 0 Å². The zero-order valence-corrected chi connectivity index (χ0v) is 11.8. The smallest absolute Gasteiger partial charge is 0.223 e. The van der Waals surface area contributed by atoms with E-state index in [9.17, 15) is 9.90 Å². The molecule has 0 spiro atoms. The Hall–Kier alpha value is -1.55. The van der Waals surface area contributed by atoms with Crippen LogP contribution in [0.3, 0.4) is 0 Å². The van der Waals surface area contributed by atoms with Crippen molar-refractivity contribution in [3.8, 4) is 5.75 Å². The first kappa shape index (κ1) is 14.9. The second-order valence-corrected chi connectivity index (χ2v) is 5.33. The van der Waals surface area contributed by atoms with Gasteiger partial charge in [0, 0.05) is 6.54 Å². The summed E-state index contributed by atoms with van der Waals surface area (Å²) >= 11 is 0. The molecule has 0 saturated heterocycles. The normalized spacial score (nSPS) is 16.9. The van der Waals surface area contributed by atoms with Crippen LogP contribution in [0.1, 0.15) is 32.1 Å². The Bertz CT molecular complexity index is 401. The number of aliphatic hydroxyl groups excluding tert-OH is 1. The van der Waals surface area contributed by atoms with Crippen molar-refractivity contribution >= 4 is 5.91 Å². The molecule has 1 aromatic carbocycles. The monoisotopic (exact) mass is 277 g/mol. The third kappa shape index (κ3) is 4.85. The number of rotatable bonds is 7. The van der Waals surface area contributed by atoms with Crippen LogP contribution in [-0.2, 0) is 4.79 Å². The molecule has 1 aromatic rings. The van der Waals surface area contributed by atoms with E-state index in [4.69, 9.17) is 4.74 Å². The fourth-order valence-corrected chi connectivity index (χ4v) is 2.59. The Morgan fingerprint density at radius 3 is 2.70 bits per heavy atom. The highest BCUT2D eigenvalue weighted by Crippen LogP contribution is 2.27. The Balaban J connectivity index is 1.58. The van der Waals surface area contributed by atoms with Crippen LogP contribution in [0, 0.1) is 5.92 Å². The molecular weight excluding hydrogens is 254 g/mol. The number of benzene rings is 1. The van der Waals surface area contributed by atoms with Crippen molar-refractivity contribution < 1.29 is 14.6 Å². The average molecular weight is 277 g/mol. The van der Waals surface area contributed by atoms with Gasteiger partial charge in [-0.1, -0.05) is 31.0 Å². The van der Waals surface area contributed by atoms with E-state index in [1.165, 1.54) is 12.8 Å². The van der Waals surface area contributed by atoms with Crippen molar-refractivity contribution in [3.63, 3.8) is 0 Å². The number of hydrogen-bond donors (Lipinski definition) is 2. The van der Waals surface area contributed by atoms with Crippen molar-refractivity contribution in [2.45, 2.75) is 38.2 Å². The predicted molar refractivity (Wildman–Crippen MR) is 77.5 cm³/mol. The standard InChI is InChI=1S/C16H23NO3/c18-15(13-6-4-5-7-13)12-17-16(19)10-11-20-14-8-2-1-3-9-14/h1-3,8-9,13,15,18H,4-7,10-12H2,(H,17,19). The van der Waals surface area contributed by atoms with Gasteiger partial charge in [-0.25, -0.2) is 0 Å². The van der Waals surface area contributed by atoms with E-state index in [2.05, 4.69) is 5.32 Å². The van der Waals surface area contributed by atoms with E-state index in [-0.39, 0.29) is 5.91 Å². The summed E-state index contributed by atoms with van der Waals surface area (Å²) in [6.07, 6.45) is 4.45. The van der Waals surface area contributed by atoms with Gasteiger partial charge in [-0.15, -0.1) is 0 Å². The van der Waals surface area contributed by atoms with Crippen molar-refractivity contribution in [3.05, 3.63) is 30.3 Å². The van der Waals surface area contributed by atoms with Crippen LogP contribution < -0.4 is 10.1 Å². The maximum absolute atomic E-state index is 11.7. The zero-order valence-electron chi connectivity index (χ0n) is 11.8. The Morgan fingerprint density at radius 2 is 2.00 bits per heavy atom. The molecular formula is C16H23NO3. The first-order valence-electron chi connectivity index (χ1n) is 7.38. The maximum Gasteiger partial charge on any atom is 0.223 e.